The van der Waals surface area contributed by atoms with E-state index in [1.807, 2.05) is 13.1 Å². The van der Waals surface area contributed by atoms with Crippen LogP contribution in [0.2, 0.25) is 4.34 Å². The van der Waals surface area contributed by atoms with Crippen molar-refractivity contribution in [2.45, 2.75) is 18.9 Å². The van der Waals surface area contributed by atoms with E-state index in [-0.39, 0.29) is 0 Å². The SMILES string of the molecule is CNC(Cc1ccc(Cl)s1)C1CCOC1. The molecule has 0 aliphatic carbocycles. The first kappa shape index (κ1) is 11.4. The number of hydrogen-bond donors (Lipinski definition) is 1. The Labute approximate surface area is 99.6 Å². The van der Waals surface area contributed by atoms with E-state index in [1.54, 1.807) is 11.3 Å². The van der Waals surface area contributed by atoms with Crippen LogP contribution in [0.25, 0.3) is 0 Å². The van der Waals surface area contributed by atoms with Gasteiger partial charge in [0.1, 0.15) is 0 Å². The topological polar surface area (TPSA) is 21.3 Å². The van der Waals surface area contributed by atoms with E-state index in [0.29, 0.717) is 12.0 Å². The molecule has 2 atom stereocenters. The molecule has 2 rings (SSSR count). The van der Waals surface area contributed by atoms with Crippen LogP contribution >= 0.6 is 22.9 Å². The Morgan fingerprint density at radius 3 is 3.07 bits per heavy atom. The van der Waals surface area contributed by atoms with Crippen LogP contribution in [0, 0.1) is 5.92 Å². The highest BCUT2D eigenvalue weighted by atomic mass is 35.5. The highest BCUT2D eigenvalue weighted by molar-refractivity contribution is 7.16. The maximum absolute atomic E-state index is 5.92. The van der Waals surface area contributed by atoms with Gasteiger partial charge in [-0.1, -0.05) is 11.6 Å². The lowest BCUT2D eigenvalue weighted by Crippen LogP contribution is -2.35. The van der Waals surface area contributed by atoms with E-state index in [0.717, 1.165) is 24.0 Å². The molecule has 1 fully saturated rings. The smallest absolute Gasteiger partial charge is 0.0931 e. The van der Waals surface area contributed by atoms with Crippen LogP contribution in [-0.4, -0.2) is 26.3 Å². The Kier molecular flexibility index (Phi) is 4.03. The molecule has 2 heterocycles. The van der Waals surface area contributed by atoms with Crippen molar-refractivity contribution in [1.82, 2.24) is 5.32 Å². The molecule has 1 saturated heterocycles. The molecule has 0 spiro atoms. The van der Waals surface area contributed by atoms with Gasteiger partial charge in [0, 0.05) is 23.4 Å². The van der Waals surface area contributed by atoms with Crippen molar-refractivity contribution in [3.63, 3.8) is 0 Å². The lowest BCUT2D eigenvalue weighted by atomic mass is 9.96. The fourth-order valence-electron chi connectivity index (χ4n) is 2.05. The molecule has 15 heavy (non-hydrogen) atoms. The third kappa shape index (κ3) is 2.94. The predicted molar refractivity (Wildman–Crippen MR) is 64.8 cm³/mol. The van der Waals surface area contributed by atoms with Crippen LogP contribution in [0.1, 0.15) is 11.3 Å². The molecule has 84 valence electrons. The van der Waals surface area contributed by atoms with Crippen molar-refractivity contribution >= 4 is 22.9 Å². The first-order chi connectivity index (χ1) is 7.29. The third-order valence-corrected chi connectivity index (χ3v) is 4.21. The van der Waals surface area contributed by atoms with Gasteiger partial charge in [-0.15, -0.1) is 11.3 Å². The molecular formula is C11H16ClNOS. The molecule has 4 heteroatoms. The van der Waals surface area contributed by atoms with Crippen LogP contribution in [0.3, 0.4) is 0 Å². The number of halogens is 1. The van der Waals surface area contributed by atoms with E-state index < -0.39 is 0 Å². The number of thiophene rings is 1. The molecule has 0 radical (unpaired) electrons. The summed E-state index contributed by atoms with van der Waals surface area (Å²) in [6, 6.07) is 4.61. The van der Waals surface area contributed by atoms with E-state index in [9.17, 15) is 0 Å². The number of nitrogens with one attached hydrogen (secondary N) is 1. The predicted octanol–water partition coefficient (Wildman–Crippen LogP) is 2.57. The van der Waals surface area contributed by atoms with Gasteiger partial charge >= 0.3 is 0 Å². The number of hydrogen-bond acceptors (Lipinski definition) is 3. The monoisotopic (exact) mass is 245 g/mol. The van der Waals surface area contributed by atoms with Gasteiger partial charge in [-0.25, -0.2) is 0 Å². The molecule has 1 N–H and O–H groups in total. The van der Waals surface area contributed by atoms with Crippen molar-refractivity contribution in [2.75, 3.05) is 20.3 Å². The minimum atomic E-state index is 0.516. The van der Waals surface area contributed by atoms with Crippen molar-refractivity contribution < 1.29 is 4.74 Å². The molecule has 2 unspecified atom stereocenters. The van der Waals surface area contributed by atoms with Crippen LogP contribution in [0.4, 0.5) is 0 Å². The van der Waals surface area contributed by atoms with E-state index in [4.69, 9.17) is 16.3 Å². The normalized spacial score (nSPS) is 23.2. The van der Waals surface area contributed by atoms with Crippen LogP contribution < -0.4 is 5.32 Å². The summed E-state index contributed by atoms with van der Waals surface area (Å²) in [6.07, 6.45) is 2.23. The summed E-state index contributed by atoms with van der Waals surface area (Å²) in [4.78, 5) is 1.35. The summed E-state index contributed by atoms with van der Waals surface area (Å²) in [5.41, 5.74) is 0. The number of ether oxygens (including phenoxy) is 1. The quantitative estimate of drug-likeness (QED) is 0.881. The van der Waals surface area contributed by atoms with Crippen molar-refractivity contribution in [3.05, 3.63) is 21.3 Å². The Balaban J connectivity index is 1.95. The van der Waals surface area contributed by atoms with E-state index in [1.165, 1.54) is 11.3 Å². The Hall–Kier alpha value is -0.0900. The molecule has 1 aliphatic heterocycles. The maximum Gasteiger partial charge on any atom is 0.0931 e. The van der Waals surface area contributed by atoms with Gasteiger partial charge in [-0.05, 0) is 32.0 Å². The first-order valence-corrected chi connectivity index (χ1v) is 6.48. The van der Waals surface area contributed by atoms with Crippen LogP contribution in [0.15, 0.2) is 12.1 Å². The summed E-state index contributed by atoms with van der Waals surface area (Å²) in [7, 11) is 2.03. The van der Waals surface area contributed by atoms with Crippen molar-refractivity contribution in [1.29, 1.82) is 0 Å². The van der Waals surface area contributed by atoms with Gasteiger partial charge < -0.3 is 10.1 Å². The number of rotatable bonds is 4. The molecule has 1 aromatic heterocycles. The van der Waals surface area contributed by atoms with Gasteiger partial charge in [-0.2, -0.15) is 0 Å². The largest absolute Gasteiger partial charge is 0.381 e. The Bertz CT molecular complexity index is 309. The van der Waals surface area contributed by atoms with E-state index in [2.05, 4.69) is 11.4 Å². The van der Waals surface area contributed by atoms with Gasteiger partial charge in [0.05, 0.1) is 10.9 Å². The second-order valence-electron chi connectivity index (χ2n) is 3.93. The van der Waals surface area contributed by atoms with Gasteiger partial charge in [-0.3, -0.25) is 0 Å². The molecular weight excluding hydrogens is 230 g/mol. The van der Waals surface area contributed by atoms with Gasteiger partial charge in [0.15, 0.2) is 0 Å². The Morgan fingerprint density at radius 1 is 1.67 bits per heavy atom. The molecule has 0 amide bonds. The lowest BCUT2D eigenvalue weighted by molar-refractivity contribution is 0.177. The number of likely N-dealkylation sites (N-methyl/N-ethyl adjacent to an activating group) is 1. The molecule has 1 aliphatic rings. The second-order valence-corrected chi connectivity index (χ2v) is 5.73. The van der Waals surface area contributed by atoms with Crippen molar-refractivity contribution in [2.24, 2.45) is 5.92 Å². The second kappa shape index (κ2) is 5.30. The summed E-state index contributed by atoms with van der Waals surface area (Å²) >= 11 is 7.59. The zero-order chi connectivity index (χ0) is 10.7. The zero-order valence-corrected chi connectivity index (χ0v) is 10.4. The van der Waals surface area contributed by atoms with Crippen LogP contribution in [0.5, 0.6) is 0 Å². The van der Waals surface area contributed by atoms with E-state index >= 15 is 0 Å². The summed E-state index contributed by atoms with van der Waals surface area (Å²) in [5.74, 6) is 0.649. The highest BCUT2D eigenvalue weighted by Gasteiger charge is 2.24. The summed E-state index contributed by atoms with van der Waals surface area (Å²) in [6.45, 7) is 1.80. The molecule has 0 saturated carbocycles. The average molecular weight is 246 g/mol. The summed E-state index contributed by atoms with van der Waals surface area (Å²) < 4.78 is 6.30. The third-order valence-electron chi connectivity index (χ3n) is 2.95. The zero-order valence-electron chi connectivity index (χ0n) is 8.83. The maximum atomic E-state index is 5.92. The fraction of sp³-hybridized carbons (Fsp3) is 0.636. The standard InChI is InChI=1S/C11H16ClNOS/c1-13-10(8-4-5-14-7-8)6-9-2-3-11(12)15-9/h2-3,8,10,13H,4-7H2,1H3. The minimum Gasteiger partial charge on any atom is -0.381 e. The van der Waals surface area contributed by atoms with Crippen LogP contribution in [-0.2, 0) is 11.2 Å². The molecule has 2 nitrogen and oxygen atoms in total. The fourth-order valence-corrected chi connectivity index (χ4v) is 3.20. The van der Waals surface area contributed by atoms with Gasteiger partial charge in [0.25, 0.3) is 0 Å². The molecule has 0 bridgehead atoms. The molecule has 1 aromatic rings. The Morgan fingerprint density at radius 2 is 2.53 bits per heavy atom. The summed E-state index contributed by atoms with van der Waals surface area (Å²) in [5, 5.41) is 3.39. The molecule has 0 aromatic carbocycles. The first-order valence-electron chi connectivity index (χ1n) is 5.29. The highest BCUT2D eigenvalue weighted by Crippen LogP contribution is 2.25. The van der Waals surface area contributed by atoms with Gasteiger partial charge in [0.2, 0.25) is 0 Å². The van der Waals surface area contributed by atoms with Crippen molar-refractivity contribution in [3.8, 4) is 0 Å². The minimum absolute atomic E-state index is 0.516. The average Bonchev–Trinajstić information content (AvgIpc) is 2.85. The lowest BCUT2D eigenvalue weighted by Gasteiger charge is -2.20.